The lowest BCUT2D eigenvalue weighted by atomic mass is 9.96. The monoisotopic (exact) mass is 255 g/mol. The third-order valence-corrected chi connectivity index (χ3v) is 3.68. The van der Waals surface area contributed by atoms with Crippen LogP contribution in [0.1, 0.15) is 31.7 Å². The molecule has 17 heavy (non-hydrogen) atoms. The molecule has 1 nitrogen and oxygen atoms in total. The van der Waals surface area contributed by atoms with Gasteiger partial charge in [-0.1, -0.05) is 37.1 Å². The summed E-state index contributed by atoms with van der Waals surface area (Å²) in [6, 6.07) is 5.97. The van der Waals surface area contributed by atoms with Gasteiger partial charge in [0.25, 0.3) is 0 Å². The molecule has 1 aromatic carbocycles. The predicted molar refractivity (Wildman–Crippen MR) is 69.9 cm³/mol. The van der Waals surface area contributed by atoms with Gasteiger partial charge in [-0.3, -0.25) is 0 Å². The van der Waals surface area contributed by atoms with Crippen molar-refractivity contribution in [2.75, 3.05) is 6.54 Å². The van der Waals surface area contributed by atoms with Crippen LogP contribution in [0.25, 0.3) is 0 Å². The molecule has 0 bridgehead atoms. The highest BCUT2D eigenvalue weighted by Gasteiger charge is 2.22. The number of benzene rings is 1. The van der Waals surface area contributed by atoms with Crippen molar-refractivity contribution >= 4 is 11.6 Å². The zero-order valence-corrected chi connectivity index (χ0v) is 10.9. The average Bonchev–Trinajstić information content (AvgIpc) is 3.13. The Hall–Kier alpha value is -0.600. The van der Waals surface area contributed by atoms with Gasteiger partial charge >= 0.3 is 0 Å². The predicted octanol–water partition coefficient (Wildman–Crippen LogP) is 3.80. The molecule has 1 aliphatic carbocycles. The largest absolute Gasteiger partial charge is 0.314 e. The van der Waals surface area contributed by atoms with E-state index in [4.69, 9.17) is 11.6 Å². The van der Waals surface area contributed by atoms with Crippen molar-refractivity contribution in [2.45, 2.75) is 38.6 Å². The van der Waals surface area contributed by atoms with E-state index in [0.717, 1.165) is 24.9 Å². The smallest absolute Gasteiger partial charge is 0.144 e. The zero-order chi connectivity index (χ0) is 12.3. The highest BCUT2D eigenvalue weighted by molar-refractivity contribution is 6.30. The summed E-state index contributed by atoms with van der Waals surface area (Å²) in [7, 11) is 0. The van der Waals surface area contributed by atoms with E-state index in [1.54, 1.807) is 6.07 Å². The Labute approximate surface area is 107 Å². The van der Waals surface area contributed by atoms with E-state index in [1.807, 2.05) is 12.1 Å². The Bertz CT molecular complexity index is 376. The Morgan fingerprint density at radius 2 is 2.24 bits per heavy atom. The van der Waals surface area contributed by atoms with Crippen LogP contribution in [0, 0.1) is 11.7 Å². The second-order valence-corrected chi connectivity index (χ2v) is 5.28. The van der Waals surface area contributed by atoms with Crippen LogP contribution in [-0.2, 0) is 6.42 Å². The van der Waals surface area contributed by atoms with Crippen LogP contribution in [0.4, 0.5) is 4.39 Å². The molecule has 1 aromatic rings. The van der Waals surface area contributed by atoms with Crippen molar-refractivity contribution in [3.05, 3.63) is 34.6 Å². The van der Waals surface area contributed by atoms with Crippen LogP contribution in [0.15, 0.2) is 18.2 Å². The molecule has 94 valence electrons. The first-order valence-corrected chi connectivity index (χ1v) is 6.74. The first kappa shape index (κ1) is 12.8. The summed E-state index contributed by atoms with van der Waals surface area (Å²) in [5, 5.41) is 3.74. The van der Waals surface area contributed by atoms with Gasteiger partial charge in [0.1, 0.15) is 5.82 Å². The number of halogens is 2. The Morgan fingerprint density at radius 3 is 2.88 bits per heavy atom. The van der Waals surface area contributed by atoms with Crippen molar-refractivity contribution < 1.29 is 4.39 Å². The number of nitrogens with one attached hydrogen (secondary N) is 1. The molecule has 0 heterocycles. The van der Waals surface area contributed by atoms with Crippen LogP contribution < -0.4 is 5.32 Å². The molecule has 0 amide bonds. The Morgan fingerprint density at radius 1 is 1.47 bits per heavy atom. The lowest BCUT2D eigenvalue weighted by molar-refractivity contribution is 0.450. The van der Waals surface area contributed by atoms with Gasteiger partial charge in [0.05, 0.1) is 5.02 Å². The summed E-state index contributed by atoms with van der Waals surface area (Å²) in [6.45, 7) is 3.13. The molecule has 0 aromatic heterocycles. The topological polar surface area (TPSA) is 12.0 Å². The zero-order valence-electron chi connectivity index (χ0n) is 10.2. The first-order chi connectivity index (χ1) is 8.20. The molecule has 1 unspecified atom stereocenters. The highest BCUT2D eigenvalue weighted by atomic mass is 35.5. The van der Waals surface area contributed by atoms with Crippen LogP contribution in [0.5, 0.6) is 0 Å². The molecule has 0 aliphatic heterocycles. The summed E-state index contributed by atoms with van der Waals surface area (Å²) >= 11 is 5.79. The van der Waals surface area contributed by atoms with Gasteiger partial charge in [0.15, 0.2) is 0 Å². The van der Waals surface area contributed by atoms with Crippen molar-refractivity contribution in [1.29, 1.82) is 0 Å². The molecule has 1 saturated carbocycles. The number of hydrogen-bond acceptors (Lipinski definition) is 1. The van der Waals surface area contributed by atoms with Crippen LogP contribution in [0.2, 0.25) is 5.02 Å². The molecular formula is C14H19ClFN. The third kappa shape index (κ3) is 3.68. The molecule has 0 spiro atoms. The average molecular weight is 256 g/mol. The van der Waals surface area contributed by atoms with Crippen molar-refractivity contribution in [2.24, 2.45) is 5.92 Å². The minimum Gasteiger partial charge on any atom is -0.314 e. The molecule has 1 atom stereocenters. The van der Waals surface area contributed by atoms with E-state index < -0.39 is 0 Å². The summed E-state index contributed by atoms with van der Waals surface area (Å²) in [4.78, 5) is 0. The Kier molecular flexibility index (Phi) is 4.41. The molecule has 1 N–H and O–H groups in total. The van der Waals surface area contributed by atoms with E-state index >= 15 is 0 Å². The van der Waals surface area contributed by atoms with Gasteiger partial charge in [0, 0.05) is 6.04 Å². The van der Waals surface area contributed by atoms with Crippen molar-refractivity contribution in [3.8, 4) is 0 Å². The van der Waals surface area contributed by atoms with Gasteiger partial charge in [-0.05, 0) is 43.4 Å². The molecule has 1 aliphatic rings. The SMILES string of the molecule is CCC(CNC1CC1)Cc1cccc(Cl)c1F. The van der Waals surface area contributed by atoms with E-state index in [1.165, 1.54) is 12.8 Å². The quantitative estimate of drug-likeness (QED) is 0.815. The maximum absolute atomic E-state index is 13.8. The van der Waals surface area contributed by atoms with E-state index in [0.29, 0.717) is 12.0 Å². The molecule has 3 heteroatoms. The Balaban J connectivity index is 1.93. The summed E-state index contributed by atoms with van der Waals surface area (Å²) in [5.74, 6) is 0.239. The number of hydrogen-bond donors (Lipinski definition) is 1. The standard InChI is InChI=1S/C14H19ClFN/c1-2-10(9-17-12-6-7-12)8-11-4-3-5-13(15)14(11)16/h3-5,10,12,17H,2,6-9H2,1H3. The fraction of sp³-hybridized carbons (Fsp3) is 0.571. The van der Waals surface area contributed by atoms with Gasteiger partial charge in [-0.25, -0.2) is 4.39 Å². The van der Waals surface area contributed by atoms with Crippen LogP contribution in [-0.4, -0.2) is 12.6 Å². The van der Waals surface area contributed by atoms with E-state index in [9.17, 15) is 4.39 Å². The second-order valence-electron chi connectivity index (χ2n) is 4.87. The fourth-order valence-corrected chi connectivity index (χ4v) is 2.19. The molecule has 0 radical (unpaired) electrons. The van der Waals surface area contributed by atoms with Gasteiger partial charge < -0.3 is 5.32 Å². The minimum atomic E-state index is -0.251. The van der Waals surface area contributed by atoms with Gasteiger partial charge in [-0.15, -0.1) is 0 Å². The van der Waals surface area contributed by atoms with Gasteiger partial charge in [0.2, 0.25) is 0 Å². The van der Waals surface area contributed by atoms with Crippen LogP contribution >= 0.6 is 11.6 Å². The highest BCUT2D eigenvalue weighted by Crippen LogP contribution is 2.23. The summed E-state index contributed by atoms with van der Waals surface area (Å²) in [6.07, 6.45) is 4.41. The summed E-state index contributed by atoms with van der Waals surface area (Å²) < 4.78 is 13.8. The lowest BCUT2D eigenvalue weighted by Gasteiger charge is -2.16. The maximum Gasteiger partial charge on any atom is 0.144 e. The normalized spacial score (nSPS) is 17.1. The molecular weight excluding hydrogens is 237 g/mol. The first-order valence-electron chi connectivity index (χ1n) is 6.37. The summed E-state index contributed by atoms with van der Waals surface area (Å²) in [5.41, 5.74) is 0.738. The fourth-order valence-electron chi connectivity index (χ4n) is 2.00. The van der Waals surface area contributed by atoms with Crippen molar-refractivity contribution in [1.82, 2.24) is 5.32 Å². The number of rotatable bonds is 6. The van der Waals surface area contributed by atoms with Crippen LogP contribution in [0.3, 0.4) is 0 Å². The van der Waals surface area contributed by atoms with E-state index in [2.05, 4.69) is 12.2 Å². The maximum atomic E-state index is 13.8. The third-order valence-electron chi connectivity index (χ3n) is 3.39. The second kappa shape index (κ2) is 5.83. The lowest BCUT2D eigenvalue weighted by Crippen LogP contribution is -2.25. The molecule has 2 rings (SSSR count). The van der Waals surface area contributed by atoms with Crippen molar-refractivity contribution in [3.63, 3.8) is 0 Å². The molecule has 1 fully saturated rings. The van der Waals surface area contributed by atoms with Gasteiger partial charge in [-0.2, -0.15) is 0 Å². The molecule has 0 saturated heterocycles. The van der Waals surface area contributed by atoms with E-state index in [-0.39, 0.29) is 10.8 Å². The minimum absolute atomic E-state index is 0.229.